The Bertz CT molecular complexity index is 459. The summed E-state index contributed by atoms with van der Waals surface area (Å²) in [6.07, 6.45) is 4.26. The number of phenols is 1. The summed E-state index contributed by atoms with van der Waals surface area (Å²) in [5, 5.41) is 10.9. The molecule has 1 N–H and O–H groups in total. The van der Waals surface area contributed by atoms with Gasteiger partial charge in [-0.3, -0.25) is 4.79 Å². The van der Waals surface area contributed by atoms with Crippen molar-refractivity contribution < 1.29 is 9.90 Å². The molecule has 1 aliphatic rings. The highest BCUT2D eigenvalue weighted by Crippen LogP contribution is 2.26. The number of phenolic OH excluding ortho intramolecular Hbond substituents is 1. The molecule has 1 heterocycles. The third-order valence-electron chi connectivity index (χ3n) is 3.71. The molecule has 2 rings (SSSR count). The van der Waals surface area contributed by atoms with Crippen LogP contribution in [-0.2, 0) is 0 Å². The lowest BCUT2D eigenvalue weighted by Crippen LogP contribution is -2.43. The number of aromatic hydroxyl groups is 1. The third kappa shape index (κ3) is 3.30. The second-order valence-electron chi connectivity index (χ2n) is 5.15. The molecule has 0 radical (unpaired) electrons. The van der Waals surface area contributed by atoms with Gasteiger partial charge >= 0.3 is 0 Å². The van der Waals surface area contributed by atoms with Crippen LogP contribution in [0.5, 0.6) is 5.75 Å². The maximum Gasteiger partial charge on any atom is 0.257 e. The maximum atomic E-state index is 12.6. The highest BCUT2D eigenvalue weighted by molar-refractivity contribution is 9.09. The molecule has 4 heteroatoms. The number of carbonyl (C=O) groups is 1. The van der Waals surface area contributed by atoms with E-state index in [1.165, 1.54) is 6.42 Å². The zero-order valence-corrected chi connectivity index (χ0v) is 12.8. The van der Waals surface area contributed by atoms with Gasteiger partial charge in [-0.15, -0.1) is 0 Å². The summed E-state index contributed by atoms with van der Waals surface area (Å²) >= 11 is 3.45. The Morgan fingerprint density at radius 2 is 2.26 bits per heavy atom. The molecule has 1 aromatic carbocycles. The second kappa shape index (κ2) is 6.42. The van der Waals surface area contributed by atoms with E-state index in [1.54, 1.807) is 12.1 Å². The van der Waals surface area contributed by atoms with Crippen molar-refractivity contribution in [3.05, 3.63) is 29.3 Å². The number of hydrogen-bond acceptors (Lipinski definition) is 2. The maximum absolute atomic E-state index is 12.6. The van der Waals surface area contributed by atoms with Crippen molar-refractivity contribution in [1.29, 1.82) is 0 Å². The van der Waals surface area contributed by atoms with Gasteiger partial charge in [-0.25, -0.2) is 0 Å². The molecule has 1 unspecified atom stereocenters. The smallest absolute Gasteiger partial charge is 0.257 e. The van der Waals surface area contributed by atoms with Gasteiger partial charge in [-0.05, 0) is 50.3 Å². The second-order valence-corrected chi connectivity index (χ2v) is 5.94. The number of alkyl halides is 1. The van der Waals surface area contributed by atoms with E-state index in [4.69, 9.17) is 0 Å². The van der Waals surface area contributed by atoms with Crippen molar-refractivity contribution in [3.8, 4) is 5.75 Å². The number of nitrogens with zero attached hydrogens (tertiary/aromatic N) is 1. The summed E-state index contributed by atoms with van der Waals surface area (Å²) in [6.45, 7) is 2.70. The lowest BCUT2D eigenvalue weighted by molar-refractivity contribution is 0.0607. The largest absolute Gasteiger partial charge is 0.507 e. The summed E-state index contributed by atoms with van der Waals surface area (Å²) in [7, 11) is 0. The van der Waals surface area contributed by atoms with E-state index in [9.17, 15) is 9.90 Å². The highest BCUT2D eigenvalue weighted by Gasteiger charge is 2.28. The number of hydrogen-bond donors (Lipinski definition) is 1. The van der Waals surface area contributed by atoms with E-state index >= 15 is 0 Å². The summed E-state index contributed by atoms with van der Waals surface area (Å²) in [6, 6.07) is 5.54. The molecule has 0 bridgehead atoms. The number of rotatable bonds is 3. The molecular formula is C15H20BrNO2. The minimum atomic E-state index is -0.0387. The van der Waals surface area contributed by atoms with Gasteiger partial charge in [-0.2, -0.15) is 0 Å². The van der Waals surface area contributed by atoms with Gasteiger partial charge in [-0.1, -0.05) is 22.0 Å². The van der Waals surface area contributed by atoms with E-state index < -0.39 is 0 Å². The normalized spacial score (nSPS) is 19.5. The van der Waals surface area contributed by atoms with Gasteiger partial charge in [0.25, 0.3) is 5.91 Å². The molecule has 0 spiro atoms. The van der Waals surface area contributed by atoms with Crippen LogP contribution in [0.3, 0.4) is 0 Å². The zero-order valence-electron chi connectivity index (χ0n) is 11.2. The van der Waals surface area contributed by atoms with Gasteiger partial charge in [0.05, 0.1) is 5.56 Å². The Balaban J connectivity index is 2.21. The minimum absolute atomic E-state index is 0.0387. The fourth-order valence-electron chi connectivity index (χ4n) is 2.67. The molecule has 0 aromatic heterocycles. The van der Waals surface area contributed by atoms with Crippen LogP contribution in [0.25, 0.3) is 0 Å². The highest BCUT2D eigenvalue weighted by atomic mass is 79.9. The lowest BCUT2D eigenvalue weighted by atomic mass is 9.98. The van der Waals surface area contributed by atoms with Gasteiger partial charge in [0.2, 0.25) is 0 Å². The topological polar surface area (TPSA) is 40.5 Å². The van der Waals surface area contributed by atoms with E-state index in [0.29, 0.717) is 11.6 Å². The van der Waals surface area contributed by atoms with E-state index in [1.807, 2.05) is 17.9 Å². The molecular weight excluding hydrogens is 306 g/mol. The van der Waals surface area contributed by atoms with E-state index in [2.05, 4.69) is 15.9 Å². The first-order valence-corrected chi connectivity index (χ1v) is 7.92. The minimum Gasteiger partial charge on any atom is -0.507 e. The molecule has 19 heavy (non-hydrogen) atoms. The quantitative estimate of drug-likeness (QED) is 0.864. The van der Waals surface area contributed by atoms with Crippen molar-refractivity contribution in [1.82, 2.24) is 4.90 Å². The zero-order chi connectivity index (χ0) is 13.8. The Hall–Kier alpha value is -1.03. The first-order chi connectivity index (χ1) is 9.13. The Labute approximate surface area is 122 Å². The van der Waals surface area contributed by atoms with Crippen LogP contribution in [0.2, 0.25) is 0 Å². The first kappa shape index (κ1) is 14.4. The van der Waals surface area contributed by atoms with Crippen LogP contribution < -0.4 is 0 Å². The van der Waals surface area contributed by atoms with Crippen LogP contribution >= 0.6 is 15.9 Å². The number of piperidine rings is 1. The molecule has 104 valence electrons. The number of aryl methyl sites for hydroxylation is 1. The Morgan fingerprint density at radius 3 is 2.95 bits per heavy atom. The fraction of sp³-hybridized carbons (Fsp3) is 0.533. The molecule has 0 aliphatic carbocycles. The van der Waals surface area contributed by atoms with Gasteiger partial charge < -0.3 is 10.0 Å². The monoisotopic (exact) mass is 325 g/mol. The summed E-state index contributed by atoms with van der Waals surface area (Å²) in [5.41, 5.74) is 1.39. The molecule has 1 aliphatic heterocycles. The SMILES string of the molecule is Cc1ccc(C(=O)N2CCCCC2CCBr)c(O)c1. The number of likely N-dealkylation sites (tertiary alicyclic amines) is 1. The number of halogens is 1. The number of carbonyl (C=O) groups excluding carboxylic acids is 1. The number of benzene rings is 1. The third-order valence-corrected chi connectivity index (χ3v) is 4.17. The molecule has 1 aromatic rings. The molecule has 0 saturated carbocycles. The molecule has 1 atom stereocenters. The van der Waals surface area contributed by atoms with Crippen molar-refractivity contribution in [2.24, 2.45) is 0 Å². The summed E-state index contributed by atoms with van der Waals surface area (Å²) in [5.74, 6) is 0.0521. The molecule has 1 saturated heterocycles. The van der Waals surface area contributed by atoms with Crippen molar-refractivity contribution in [3.63, 3.8) is 0 Å². The Morgan fingerprint density at radius 1 is 1.47 bits per heavy atom. The average Bonchev–Trinajstić information content (AvgIpc) is 2.39. The van der Waals surface area contributed by atoms with E-state index in [0.717, 1.165) is 36.7 Å². The summed E-state index contributed by atoms with van der Waals surface area (Å²) < 4.78 is 0. The van der Waals surface area contributed by atoms with Gasteiger partial charge in [0.15, 0.2) is 0 Å². The standard InChI is InChI=1S/C15H20BrNO2/c1-11-5-6-13(14(18)10-11)15(19)17-9-3-2-4-12(17)7-8-16/h5-6,10,12,18H,2-4,7-9H2,1H3. The van der Waals surface area contributed by atoms with Gasteiger partial charge in [0, 0.05) is 17.9 Å². The van der Waals surface area contributed by atoms with Crippen molar-refractivity contribution in [2.45, 2.75) is 38.6 Å². The molecule has 3 nitrogen and oxygen atoms in total. The molecule has 1 fully saturated rings. The Kier molecular flexibility index (Phi) is 4.86. The predicted molar refractivity (Wildman–Crippen MR) is 79.9 cm³/mol. The van der Waals surface area contributed by atoms with Crippen LogP contribution in [0.1, 0.15) is 41.6 Å². The van der Waals surface area contributed by atoms with Crippen LogP contribution in [0, 0.1) is 6.92 Å². The van der Waals surface area contributed by atoms with Gasteiger partial charge in [0.1, 0.15) is 5.75 Å². The van der Waals surface area contributed by atoms with Crippen LogP contribution in [0.15, 0.2) is 18.2 Å². The lowest BCUT2D eigenvalue weighted by Gasteiger charge is -2.35. The predicted octanol–water partition coefficient (Wildman–Crippen LogP) is 3.48. The van der Waals surface area contributed by atoms with Crippen LogP contribution in [0.4, 0.5) is 0 Å². The number of amides is 1. The summed E-state index contributed by atoms with van der Waals surface area (Å²) in [4.78, 5) is 14.5. The van der Waals surface area contributed by atoms with Crippen LogP contribution in [-0.4, -0.2) is 33.8 Å². The fourth-order valence-corrected chi connectivity index (χ4v) is 3.20. The van der Waals surface area contributed by atoms with E-state index in [-0.39, 0.29) is 11.7 Å². The van der Waals surface area contributed by atoms with Crippen molar-refractivity contribution >= 4 is 21.8 Å². The van der Waals surface area contributed by atoms with Crippen molar-refractivity contribution in [2.75, 3.05) is 11.9 Å². The first-order valence-electron chi connectivity index (χ1n) is 6.80. The molecule has 1 amide bonds. The average molecular weight is 326 g/mol.